The number of rotatable bonds is 4. The van der Waals surface area contributed by atoms with Crippen molar-refractivity contribution in [2.75, 3.05) is 25.9 Å². The second-order valence-electron chi connectivity index (χ2n) is 9.16. The molecule has 1 unspecified atom stereocenters. The van der Waals surface area contributed by atoms with E-state index in [1.165, 1.54) is 11.9 Å². The minimum atomic E-state index is -0.173. The zero-order valence-corrected chi connectivity index (χ0v) is 21.0. The molecule has 1 fully saturated rings. The lowest BCUT2D eigenvalue weighted by Crippen LogP contribution is -2.54. The molecule has 3 aromatic rings. The summed E-state index contributed by atoms with van der Waals surface area (Å²) in [7, 11) is 1.72. The molecule has 7 nitrogen and oxygen atoms in total. The van der Waals surface area contributed by atoms with Crippen molar-refractivity contribution in [1.82, 2.24) is 24.6 Å². The van der Waals surface area contributed by atoms with Crippen molar-refractivity contribution in [2.45, 2.75) is 52.1 Å². The van der Waals surface area contributed by atoms with Crippen molar-refractivity contribution in [2.24, 2.45) is 0 Å². The van der Waals surface area contributed by atoms with Gasteiger partial charge in [0.25, 0.3) is 0 Å². The average Bonchev–Trinajstić information content (AvgIpc) is 3.00. The first-order valence-electron chi connectivity index (χ1n) is 10.3. The second-order valence-corrected chi connectivity index (χ2v) is 10.3. The average molecular weight is 508 g/mol. The van der Waals surface area contributed by atoms with Crippen LogP contribution in [0.5, 0.6) is 5.75 Å². The predicted molar refractivity (Wildman–Crippen MR) is 128 cm³/mol. The Kier molecular flexibility index (Phi) is 5.69. The Hall–Kier alpha value is -1.90. The number of nitrogens with zero attached hydrogens (tertiary/aromatic N) is 5. The second kappa shape index (κ2) is 7.90. The maximum atomic E-state index is 6.73. The lowest BCUT2D eigenvalue weighted by Gasteiger charge is -2.48. The Labute approximate surface area is 196 Å². The number of likely N-dealkylation sites (tertiary alicyclic amines) is 1. The van der Waals surface area contributed by atoms with Crippen LogP contribution in [0.25, 0.3) is 11.0 Å². The van der Waals surface area contributed by atoms with Crippen molar-refractivity contribution in [3.8, 4) is 5.75 Å². The Balaban J connectivity index is 1.81. The number of nitrogens with two attached hydrogens (primary N) is 1. The van der Waals surface area contributed by atoms with Gasteiger partial charge in [-0.1, -0.05) is 11.6 Å². The third kappa shape index (κ3) is 3.68. The molecule has 1 saturated heterocycles. The SMILES string of the molecule is COc1c(C(C)n2nc(Br)c3c(N)ncnc32)cc(Cl)c(C)c1C1CN(C(C)(C)C)C1. The molecular weight excluding hydrogens is 480 g/mol. The summed E-state index contributed by atoms with van der Waals surface area (Å²) in [4.78, 5) is 11.0. The first-order valence-corrected chi connectivity index (χ1v) is 11.5. The zero-order valence-electron chi connectivity index (χ0n) is 18.7. The molecule has 2 N–H and O–H groups in total. The number of aromatic nitrogens is 4. The molecule has 31 heavy (non-hydrogen) atoms. The summed E-state index contributed by atoms with van der Waals surface area (Å²) in [5, 5.41) is 6.08. The molecule has 9 heteroatoms. The Morgan fingerprint density at radius 2 is 1.97 bits per heavy atom. The highest BCUT2D eigenvalue weighted by atomic mass is 79.9. The van der Waals surface area contributed by atoms with E-state index < -0.39 is 0 Å². The smallest absolute Gasteiger partial charge is 0.165 e. The Bertz CT molecular complexity index is 1150. The molecule has 3 heterocycles. The molecule has 0 radical (unpaired) electrons. The molecule has 166 valence electrons. The molecular formula is C22H28BrClN6O. The van der Waals surface area contributed by atoms with Crippen molar-refractivity contribution in [3.63, 3.8) is 0 Å². The fourth-order valence-corrected chi connectivity index (χ4v) is 5.13. The zero-order chi connectivity index (χ0) is 22.7. The van der Waals surface area contributed by atoms with Crippen molar-refractivity contribution in [1.29, 1.82) is 0 Å². The number of benzene rings is 1. The number of anilines is 1. The highest BCUT2D eigenvalue weighted by Gasteiger charge is 2.38. The van der Waals surface area contributed by atoms with E-state index in [1.54, 1.807) is 7.11 Å². The number of halogens is 2. The van der Waals surface area contributed by atoms with Gasteiger partial charge in [-0.2, -0.15) is 5.10 Å². The van der Waals surface area contributed by atoms with Gasteiger partial charge in [0.05, 0.1) is 18.5 Å². The van der Waals surface area contributed by atoms with Gasteiger partial charge >= 0.3 is 0 Å². The monoisotopic (exact) mass is 506 g/mol. The third-order valence-electron chi connectivity index (χ3n) is 6.29. The molecule has 0 saturated carbocycles. The molecule has 1 aliphatic rings. The van der Waals surface area contributed by atoms with Crippen molar-refractivity contribution >= 4 is 44.4 Å². The fraction of sp³-hybridized carbons (Fsp3) is 0.500. The molecule has 1 aromatic carbocycles. The van der Waals surface area contributed by atoms with Crippen LogP contribution in [-0.4, -0.2) is 50.4 Å². The maximum Gasteiger partial charge on any atom is 0.165 e. The molecule has 1 atom stereocenters. The molecule has 0 aliphatic carbocycles. The van der Waals surface area contributed by atoms with Crippen LogP contribution in [0, 0.1) is 6.92 Å². The first-order chi connectivity index (χ1) is 14.5. The molecule has 4 rings (SSSR count). The summed E-state index contributed by atoms with van der Waals surface area (Å²) < 4.78 is 8.44. The summed E-state index contributed by atoms with van der Waals surface area (Å²) >= 11 is 10.2. The van der Waals surface area contributed by atoms with Crippen LogP contribution in [0.2, 0.25) is 5.02 Å². The van der Waals surface area contributed by atoms with E-state index in [9.17, 15) is 0 Å². The van der Waals surface area contributed by atoms with E-state index >= 15 is 0 Å². The summed E-state index contributed by atoms with van der Waals surface area (Å²) in [6, 6.07) is 1.81. The topological polar surface area (TPSA) is 82.1 Å². The number of fused-ring (bicyclic) bond motifs is 1. The normalized spacial score (nSPS) is 16.5. The van der Waals surface area contributed by atoms with Crippen LogP contribution in [0.4, 0.5) is 5.82 Å². The van der Waals surface area contributed by atoms with Gasteiger partial charge in [-0.05, 0) is 62.2 Å². The number of methoxy groups -OCH3 is 1. The summed E-state index contributed by atoms with van der Waals surface area (Å²) in [6.45, 7) is 12.8. The van der Waals surface area contributed by atoms with E-state index in [-0.39, 0.29) is 11.6 Å². The predicted octanol–water partition coefficient (Wildman–Crippen LogP) is 4.95. The standard InChI is InChI=1S/C22H28BrClN6O/c1-11-15(24)7-14(18(31-6)16(11)13-8-29(9-13)22(3,4)5)12(2)30-21-17(19(23)28-30)20(25)26-10-27-21/h7,10,12-13H,8-9H2,1-6H3,(H2,25,26,27). The molecule has 0 bridgehead atoms. The summed E-state index contributed by atoms with van der Waals surface area (Å²) in [5.74, 6) is 1.63. The van der Waals surface area contributed by atoms with E-state index in [0.717, 1.165) is 35.0 Å². The van der Waals surface area contributed by atoms with Crippen LogP contribution < -0.4 is 10.5 Å². The number of hydrogen-bond donors (Lipinski definition) is 1. The minimum Gasteiger partial charge on any atom is -0.496 e. The molecule has 0 spiro atoms. The maximum absolute atomic E-state index is 6.73. The number of nitrogen functional groups attached to an aromatic ring is 1. The van der Waals surface area contributed by atoms with Gasteiger partial charge in [0.2, 0.25) is 0 Å². The van der Waals surface area contributed by atoms with Gasteiger partial charge in [0.15, 0.2) is 5.65 Å². The highest BCUT2D eigenvalue weighted by Crippen LogP contribution is 2.45. The van der Waals surface area contributed by atoms with E-state index in [0.29, 0.717) is 27.4 Å². The van der Waals surface area contributed by atoms with Gasteiger partial charge in [-0.25, -0.2) is 14.6 Å². The molecule has 2 aromatic heterocycles. The molecule has 1 aliphatic heterocycles. The molecule has 0 amide bonds. The van der Waals surface area contributed by atoms with Gasteiger partial charge < -0.3 is 10.5 Å². The summed E-state index contributed by atoms with van der Waals surface area (Å²) in [6.07, 6.45) is 1.45. The quantitative estimate of drug-likeness (QED) is 0.538. The first kappa shape index (κ1) is 22.3. The van der Waals surface area contributed by atoms with Crippen molar-refractivity contribution < 1.29 is 4.74 Å². The van der Waals surface area contributed by atoms with Gasteiger partial charge in [0.1, 0.15) is 22.5 Å². The van der Waals surface area contributed by atoms with Gasteiger partial charge in [0, 0.05) is 40.7 Å². The van der Waals surface area contributed by atoms with Crippen molar-refractivity contribution in [3.05, 3.63) is 38.7 Å². The number of hydrogen-bond acceptors (Lipinski definition) is 6. The number of ether oxygens (including phenoxy) is 1. The summed E-state index contributed by atoms with van der Waals surface area (Å²) in [5.41, 5.74) is 10.1. The van der Waals surface area contributed by atoms with E-state index in [2.05, 4.69) is 70.5 Å². The highest BCUT2D eigenvalue weighted by molar-refractivity contribution is 9.10. The van der Waals surface area contributed by atoms with E-state index in [4.69, 9.17) is 22.1 Å². The van der Waals surface area contributed by atoms with Gasteiger partial charge in [-0.15, -0.1) is 0 Å². The van der Waals surface area contributed by atoms with E-state index in [1.807, 2.05) is 10.7 Å². The third-order valence-corrected chi connectivity index (χ3v) is 7.23. The van der Waals surface area contributed by atoms with Crippen LogP contribution in [0.1, 0.15) is 56.3 Å². The van der Waals surface area contributed by atoms with Crippen LogP contribution in [-0.2, 0) is 0 Å². The Morgan fingerprint density at radius 3 is 2.58 bits per heavy atom. The lowest BCUT2D eigenvalue weighted by atomic mass is 9.82. The Morgan fingerprint density at radius 1 is 1.29 bits per heavy atom. The minimum absolute atomic E-state index is 0.145. The lowest BCUT2D eigenvalue weighted by molar-refractivity contribution is 0.0459. The largest absolute Gasteiger partial charge is 0.496 e. The van der Waals surface area contributed by atoms with Crippen LogP contribution in [0.3, 0.4) is 0 Å². The van der Waals surface area contributed by atoms with Crippen LogP contribution >= 0.6 is 27.5 Å². The van der Waals surface area contributed by atoms with Crippen LogP contribution in [0.15, 0.2) is 17.0 Å². The van der Waals surface area contributed by atoms with Gasteiger partial charge in [-0.3, -0.25) is 4.90 Å². The fourth-order valence-electron chi connectivity index (χ4n) is 4.36.